The second-order valence-electron chi connectivity index (χ2n) is 3.19. The molecule has 0 rings (SSSR count). The minimum Gasteiger partial charge on any atom is -0.501 e. The molecule has 0 aliphatic carbocycles. The molecule has 0 aliphatic heterocycles. The highest BCUT2D eigenvalue weighted by Gasteiger charge is 2.29. The fraction of sp³-hybridized carbons (Fsp3) is 0.667. The van der Waals surface area contributed by atoms with Crippen LogP contribution in [-0.2, 0) is 23.8 Å². The van der Waals surface area contributed by atoms with Crippen LogP contribution in [0.2, 0.25) is 0 Å². The van der Waals surface area contributed by atoms with Crippen LogP contribution in [0.3, 0.4) is 0 Å². The number of hydrogen-bond donors (Lipinski definition) is 0. The highest BCUT2D eigenvalue weighted by molar-refractivity contribution is 5.94. The summed E-state index contributed by atoms with van der Waals surface area (Å²) in [5.41, 5.74) is 0. The number of esters is 2. The normalized spacial score (nSPS) is 10.6. The summed E-state index contributed by atoms with van der Waals surface area (Å²) < 4.78 is 14.7. The highest BCUT2D eigenvalue weighted by Crippen LogP contribution is 2.09. The first-order chi connectivity index (χ1) is 8.17. The van der Waals surface area contributed by atoms with Gasteiger partial charge in [-0.1, -0.05) is 6.08 Å². The lowest BCUT2D eigenvalue weighted by Gasteiger charge is -2.13. The lowest BCUT2D eigenvalue weighted by atomic mass is 10.1. The van der Waals surface area contributed by atoms with Crippen molar-refractivity contribution in [2.75, 3.05) is 19.8 Å². The molecule has 0 radical (unpaired) electrons. The summed E-state index contributed by atoms with van der Waals surface area (Å²) >= 11 is 0. The number of carbonyl (C=O) groups is 2. The van der Waals surface area contributed by atoms with Gasteiger partial charge < -0.3 is 14.2 Å². The van der Waals surface area contributed by atoms with E-state index >= 15 is 0 Å². The first kappa shape index (κ1) is 15.5. The fourth-order valence-electron chi connectivity index (χ4n) is 1.17. The van der Waals surface area contributed by atoms with Crippen LogP contribution in [0.4, 0.5) is 0 Å². The van der Waals surface area contributed by atoms with E-state index < -0.39 is 17.9 Å². The van der Waals surface area contributed by atoms with Crippen LogP contribution >= 0.6 is 0 Å². The molecule has 0 N–H and O–H groups in total. The third-order valence-corrected chi connectivity index (χ3v) is 1.90. The number of rotatable bonds is 8. The third-order valence-electron chi connectivity index (χ3n) is 1.90. The average Bonchev–Trinajstić information content (AvgIpc) is 2.29. The summed E-state index contributed by atoms with van der Waals surface area (Å²) in [6, 6.07) is 0. The largest absolute Gasteiger partial charge is 0.501 e. The second-order valence-corrected chi connectivity index (χ2v) is 3.19. The van der Waals surface area contributed by atoms with Gasteiger partial charge in [-0.05, 0) is 20.8 Å². The van der Waals surface area contributed by atoms with Crippen LogP contribution in [0.15, 0.2) is 12.3 Å². The van der Waals surface area contributed by atoms with Crippen LogP contribution in [0.25, 0.3) is 0 Å². The Bertz CT molecular complexity index is 242. The molecule has 0 saturated carbocycles. The summed E-state index contributed by atoms with van der Waals surface area (Å²) in [5, 5.41) is 0. The van der Waals surface area contributed by atoms with Crippen LogP contribution < -0.4 is 0 Å². The van der Waals surface area contributed by atoms with Crippen molar-refractivity contribution in [3.63, 3.8) is 0 Å². The molecule has 0 saturated heterocycles. The van der Waals surface area contributed by atoms with Gasteiger partial charge in [-0.3, -0.25) is 9.59 Å². The van der Waals surface area contributed by atoms with Gasteiger partial charge >= 0.3 is 11.9 Å². The van der Waals surface area contributed by atoms with Gasteiger partial charge in [0, 0.05) is 6.42 Å². The summed E-state index contributed by atoms with van der Waals surface area (Å²) in [6.07, 6.45) is 3.49. The van der Waals surface area contributed by atoms with Crippen molar-refractivity contribution < 1.29 is 23.8 Å². The van der Waals surface area contributed by atoms with E-state index in [1.807, 2.05) is 6.92 Å². The Kier molecular flexibility index (Phi) is 8.82. The van der Waals surface area contributed by atoms with Crippen molar-refractivity contribution in [3.8, 4) is 0 Å². The summed E-state index contributed by atoms with van der Waals surface area (Å²) in [5.74, 6) is -2.02. The molecular weight excluding hydrogens is 224 g/mol. The summed E-state index contributed by atoms with van der Waals surface area (Å²) in [4.78, 5) is 23.1. The van der Waals surface area contributed by atoms with Crippen molar-refractivity contribution in [1.29, 1.82) is 0 Å². The Labute approximate surface area is 102 Å². The first-order valence-electron chi connectivity index (χ1n) is 5.73. The van der Waals surface area contributed by atoms with Crippen LogP contribution in [-0.4, -0.2) is 31.8 Å². The second kappa shape index (κ2) is 9.69. The van der Waals surface area contributed by atoms with E-state index in [-0.39, 0.29) is 26.2 Å². The lowest BCUT2D eigenvalue weighted by Crippen LogP contribution is -2.29. The topological polar surface area (TPSA) is 61.8 Å². The van der Waals surface area contributed by atoms with Crippen molar-refractivity contribution in [2.24, 2.45) is 5.92 Å². The van der Waals surface area contributed by atoms with Crippen molar-refractivity contribution in [3.05, 3.63) is 12.3 Å². The molecule has 5 nitrogen and oxygen atoms in total. The maximum atomic E-state index is 11.5. The molecule has 0 amide bonds. The average molecular weight is 244 g/mol. The van der Waals surface area contributed by atoms with Gasteiger partial charge in [0.1, 0.15) is 0 Å². The van der Waals surface area contributed by atoms with E-state index in [2.05, 4.69) is 0 Å². The summed E-state index contributed by atoms with van der Waals surface area (Å²) in [7, 11) is 0. The van der Waals surface area contributed by atoms with Gasteiger partial charge in [0.2, 0.25) is 0 Å². The molecule has 0 unspecified atom stereocenters. The fourth-order valence-corrected chi connectivity index (χ4v) is 1.17. The Morgan fingerprint density at radius 3 is 2.06 bits per heavy atom. The maximum Gasteiger partial charge on any atom is 0.320 e. The van der Waals surface area contributed by atoms with Gasteiger partial charge in [0.15, 0.2) is 5.92 Å². The Morgan fingerprint density at radius 1 is 1.12 bits per heavy atom. The minimum absolute atomic E-state index is 0.241. The van der Waals surface area contributed by atoms with Gasteiger partial charge in [-0.25, -0.2) is 0 Å². The number of carbonyl (C=O) groups excluding carboxylic acids is 2. The van der Waals surface area contributed by atoms with Crippen LogP contribution in [0, 0.1) is 5.92 Å². The Hall–Kier alpha value is -1.52. The molecule has 0 aromatic heterocycles. The van der Waals surface area contributed by atoms with Gasteiger partial charge in [-0.2, -0.15) is 0 Å². The van der Waals surface area contributed by atoms with Crippen LogP contribution in [0.1, 0.15) is 27.2 Å². The maximum absolute atomic E-state index is 11.5. The minimum atomic E-state index is -0.903. The predicted molar refractivity (Wildman–Crippen MR) is 62.1 cm³/mol. The van der Waals surface area contributed by atoms with Gasteiger partial charge in [0.25, 0.3) is 0 Å². The molecule has 0 aliphatic rings. The van der Waals surface area contributed by atoms with Crippen molar-refractivity contribution >= 4 is 11.9 Å². The van der Waals surface area contributed by atoms with E-state index in [4.69, 9.17) is 14.2 Å². The molecule has 0 aromatic rings. The molecule has 0 aromatic carbocycles. The van der Waals surface area contributed by atoms with E-state index in [1.165, 1.54) is 6.26 Å². The van der Waals surface area contributed by atoms with Crippen LogP contribution in [0.5, 0.6) is 0 Å². The number of ether oxygens (including phenoxy) is 3. The molecule has 5 heteroatoms. The Morgan fingerprint density at radius 2 is 1.65 bits per heavy atom. The molecule has 0 bridgehead atoms. The summed E-state index contributed by atoms with van der Waals surface area (Å²) in [6.45, 7) is 5.95. The zero-order valence-electron chi connectivity index (χ0n) is 10.6. The standard InChI is InChI=1S/C12H20O5/c1-4-8-15-9-7-10(11(13)16-5-2)12(14)17-6-3/h4,8,10H,5-7,9H2,1-3H3. The molecule has 0 spiro atoms. The van der Waals surface area contributed by atoms with E-state index in [1.54, 1.807) is 19.9 Å². The molecular formula is C12H20O5. The van der Waals surface area contributed by atoms with Gasteiger partial charge in [-0.15, -0.1) is 0 Å². The number of hydrogen-bond acceptors (Lipinski definition) is 5. The van der Waals surface area contributed by atoms with E-state index in [0.29, 0.717) is 0 Å². The zero-order valence-corrected chi connectivity index (χ0v) is 10.6. The number of allylic oxidation sites excluding steroid dienone is 1. The molecule has 0 fully saturated rings. The lowest BCUT2D eigenvalue weighted by molar-refractivity contribution is -0.162. The smallest absolute Gasteiger partial charge is 0.320 e. The van der Waals surface area contributed by atoms with Gasteiger partial charge in [0.05, 0.1) is 26.1 Å². The SMILES string of the molecule is CC=COCCC(C(=O)OCC)C(=O)OCC. The van der Waals surface area contributed by atoms with Crippen molar-refractivity contribution in [1.82, 2.24) is 0 Å². The van der Waals surface area contributed by atoms with E-state index in [9.17, 15) is 9.59 Å². The molecule has 0 heterocycles. The molecule has 17 heavy (non-hydrogen) atoms. The molecule has 98 valence electrons. The zero-order chi connectivity index (χ0) is 13.1. The quantitative estimate of drug-likeness (QED) is 0.281. The highest BCUT2D eigenvalue weighted by atomic mass is 16.6. The first-order valence-corrected chi connectivity index (χ1v) is 5.73. The predicted octanol–water partition coefficient (Wildman–Crippen LogP) is 1.67. The Balaban J connectivity index is 4.29. The third kappa shape index (κ3) is 6.60. The monoisotopic (exact) mass is 244 g/mol. The van der Waals surface area contributed by atoms with Crippen molar-refractivity contribution in [2.45, 2.75) is 27.2 Å². The molecule has 0 atom stereocenters. The van der Waals surface area contributed by atoms with E-state index in [0.717, 1.165) is 0 Å².